The molecule has 0 fully saturated rings. The molecule has 0 bridgehead atoms. The standard InChI is InChI=1S/C18H20N2O4.ClH/c1-3-4-5-12-6-9-15(19-11-12)17(22)20-13-7-8-14(16(21)10-13)18(23)24-2;/h6-11,21H,3-5H2,1-2H3,(H,20,22);1H. The predicted molar refractivity (Wildman–Crippen MR) is 97.5 cm³/mol. The van der Waals surface area contributed by atoms with Crippen LogP contribution in [0.5, 0.6) is 5.75 Å². The molecule has 1 heterocycles. The summed E-state index contributed by atoms with van der Waals surface area (Å²) < 4.78 is 4.55. The fraction of sp³-hybridized carbons (Fsp3) is 0.278. The summed E-state index contributed by atoms with van der Waals surface area (Å²) in [6.45, 7) is 2.12. The quantitative estimate of drug-likeness (QED) is 0.764. The third-order valence-corrected chi connectivity index (χ3v) is 3.54. The Morgan fingerprint density at radius 2 is 2.00 bits per heavy atom. The van der Waals surface area contributed by atoms with Crippen molar-refractivity contribution in [2.45, 2.75) is 26.2 Å². The van der Waals surface area contributed by atoms with Gasteiger partial charge in [-0.1, -0.05) is 19.4 Å². The van der Waals surface area contributed by atoms with Gasteiger partial charge < -0.3 is 15.2 Å². The van der Waals surface area contributed by atoms with Crippen molar-refractivity contribution in [3.05, 3.63) is 53.3 Å². The summed E-state index contributed by atoms with van der Waals surface area (Å²) in [5.74, 6) is -1.29. The lowest BCUT2D eigenvalue weighted by Gasteiger charge is -2.08. The number of unbranched alkanes of at least 4 members (excludes halogenated alkanes) is 1. The second-order valence-electron chi connectivity index (χ2n) is 5.33. The second-order valence-corrected chi connectivity index (χ2v) is 5.33. The van der Waals surface area contributed by atoms with Crippen molar-refractivity contribution >= 4 is 30.0 Å². The van der Waals surface area contributed by atoms with Gasteiger partial charge >= 0.3 is 5.97 Å². The normalized spacial score (nSPS) is 9.84. The van der Waals surface area contributed by atoms with Crippen molar-refractivity contribution in [2.24, 2.45) is 0 Å². The number of nitrogens with zero attached hydrogens (tertiary/aromatic N) is 1. The number of aryl methyl sites for hydroxylation is 1. The number of anilines is 1. The number of benzene rings is 1. The largest absolute Gasteiger partial charge is 0.507 e. The van der Waals surface area contributed by atoms with Crippen LogP contribution < -0.4 is 5.32 Å². The van der Waals surface area contributed by atoms with Crippen molar-refractivity contribution in [1.29, 1.82) is 0 Å². The minimum Gasteiger partial charge on any atom is -0.507 e. The first-order valence-electron chi connectivity index (χ1n) is 7.72. The van der Waals surface area contributed by atoms with Crippen LogP contribution in [0.3, 0.4) is 0 Å². The molecule has 0 aliphatic rings. The molecule has 0 spiro atoms. The zero-order chi connectivity index (χ0) is 17.5. The van der Waals surface area contributed by atoms with E-state index in [-0.39, 0.29) is 35.3 Å². The molecular formula is C18H21ClN2O4. The van der Waals surface area contributed by atoms with Gasteiger partial charge in [-0.3, -0.25) is 9.78 Å². The Hall–Kier alpha value is -2.60. The molecule has 134 valence electrons. The third-order valence-electron chi connectivity index (χ3n) is 3.54. The van der Waals surface area contributed by atoms with E-state index in [4.69, 9.17) is 0 Å². The summed E-state index contributed by atoms with van der Waals surface area (Å²) in [7, 11) is 1.23. The molecule has 25 heavy (non-hydrogen) atoms. The van der Waals surface area contributed by atoms with Crippen LogP contribution in [0.15, 0.2) is 36.5 Å². The van der Waals surface area contributed by atoms with Gasteiger partial charge in [-0.15, -0.1) is 12.4 Å². The maximum atomic E-state index is 12.2. The lowest BCUT2D eigenvalue weighted by Crippen LogP contribution is -2.14. The predicted octanol–water partition coefficient (Wildman–Crippen LogP) is 3.59. The highest BCUT2D eigenvalue weighted by Gasteiger charge is 2.13. The fourth-order valence-electron chi connectivity index (χ4n) is 2.17. The number of halogens is 1. The Kier molecular flexibility index (Phi) is 7.88. The minimum absolute atomic E-state index is 0. The molecule has 0 aliphatic carbocycles. The number of nitrogens with one attached hydrogen (secondary N) is 1. The van der Waals surface area contributed by atoms with Crippen LogP contribution in [0.2, 0.25) is 0 Å². The topological polar surface area (TPSA) is 88.5 Å². The van der Waals surface area contributed by atoms with Crippen molar-refractivity contribution in [3.8, 4) is 5.75 Å². The molecule has 1 aromatic heterocycles. The van der Waals surface area contributed by atoms with Gasteiger partial charge in [0.2, 0.25) is 0 Å². The Balaban J connectivity index is 0.00000312. The number of esters is 1. The van der Waals surface area contributed by atoms with Gasteiger partial charge in [0.1, 0.15) is 17.0 Å². The summed E-state index contributed by atoms with van der Waals surface area (Å²) in [6, 6.07) is 7.75. The SMILES string of the molecule is CCCCc1ccc(C(=O)Nc2ccc(C(=O)OC)c(O)c2)nc1.Cl. The van der Waals surface area contributed by atoms with Crippen LogP contribution in [-0.4, -0.2) is 29.1 Å². The number of rotatable bonds is 6. The number of hydrogen-bond donors (Lipinski definition) is 2. The maximum Gasteiger partial charge on any atom is 0.341 e. The summed E-state index contributed by atoms with van der Waals surface area (Å²) in [4.78, 5) is 27.8. The number of hydrogen-bond acceptors (Lipinski definition) is 5. The number of aromatic nitrogens is 1. The van der Waals surface area contributed by atoms with Crippen LogP contribution in [0.25, 0.3) is 0 Å². The Morgan fingerprint density at radius 1 is 1.24 bits per heavy atom. The molecular weight excluding hydrogens is 344 g/mol. The number of carbonyl (C=O) groups is 2. The van der Waals surface area contributed by atoms with Gasteiger partial charge in [0.15, 0.2) is 0 Å². The monoisotopic (exact) mass is 364 g/mol. The van der Waals surface area contributed by atoms with E-state index in [2.05, 4.69) is 22.0 Å². The molecule has 7 heteroatoms. The Morgan fingerprint density at radius 3 is 2.56 bits per heavy atom. The van der Waals surface area contributed by atoms with Gasteiger partial charge in [0, 0.05) is 18.0 Å². The first-order chi connectivity index (χ1) is 11.5. The van der Waals surface area contributed by atoms with E-state index < -0.39 is 5.97 Å². The number of phenols is 1. The molecule has 1 amide bonds. The van der Waals surface area contributed by atoms with Crippen molar-refractivity contribution < 1.29 is 19.4 Å². The van der Waals surface area contributed by atoms with Gasteiger partial charge in [-0.05, 0) is 36.6 Å². The molecule has 0 aliphatic heterocycles. The number of amides is 1. The van der Waals surface area contributed by atoms with E-state index in [1.165, 1.54) is 25.3 Å². The third kappa shape index (κ3) is 5.46. The zero-order valence-electron chi connectivity index (χ0n) is 14.1. The molecule has 0 unspecified atom stereocenters. The second kappa shape index (κ2) is 9.64. The van der Waals surface area contributed by atoms with E-state index >= 15 is 0 Å². The Labute approximate surface area is 152 Å². The Bertz CT molecular complexity index is 732. The molecule has 2 aromatic rings. The number of carbonyl (C=O) groups excluding carboxylic acids is 2. The van der Waals surface area contributed by atoms with Gasteiger partial charge in [0.05, 0.1) is 7.11 Å². The average Bonchev–Trinajstić information content (AvgIpc) is 2.59. The van der Waals surface area contributed by atoms with Crippen LogP contribution in [-0.2, 0) is 11.2 Å². The van der Waals surface area contributed by atoms with Crippen LogP contribution >= 0.6 is 12.4 Å². The zero-order valence-corrected chi connectivity index (χ0v) is 14.9. The molecule has 1 aromatic carbocycles. The van der Waals surface area contributed by atoms with E-state index in [0.717, 1.165) is 24.8 Å². The van der Waals surface area contributed by atoms with Crippen LogP contribution in [0.1, 0.15) is 46.2 Å². The molecule has 0 saturated heterocycles. The number of aromatic hydroxyl groups is 1. The van der Waals surface area contributed by atoms with E-state index in [1.807, 2.05) is 6.07 Å². The minimum atomic E-state index is -0.644. The highest BCUT2D eigenvalue weighted by Crippen LogP contribution is 2.23. The first-order valence-corrected chi connectivity index (χ1v) is 7.72. The number of pyridine rings is 1. The maximum absolute atomic E-state index is 12.2. The molecule has 6 nitrogen and oxygen atoms in total. The van der Waals surface area contributed by atoms with Gasteiger partial charge in [0.25, 0.3) is 5.91 Å². The number of ether oxygens (including phenoxy) is 1. The van der Waals surface area contributed by atoms with E-state index in [9.17, 15) is 14.7 Å². The average molecular weight is 365 g/mol. The van der Waals surface area contributed by atoms with E-state index in [0.29, 0.717) is 5.69 Å². The first kappa shape index (κ1) is 20.4. The van der Waals surface area contributed by atoms with Crippen molar-refractivity contribution in [1.82, 2.24) is 4.98 Å². The van der Waals surface area contributed by atoms with Gasteiger partial charge in [-0.25, -0.2) is 4.79 Å². The molecule has 0 saturated carbocycles. The smallest absolute Gasteiger partial charge is 0.341 e. The summed E-state index contributed by atoms with van der Waals surface area (Å²) in [5.41, 5.74) is 1.77. The highest BCUT2D eigenvalue weighted by atomic mass is 35.5. The lowest BCUT2D eigenvalue weighted by atomic mass is 10.1. The molecule has 0 radical (unpaired) electrons. The number of phenolic OH excluding ortho intramolecular Hbond substituents is 1. The summed E-state index contributed by atoms with van der Waals surface area (Å²) in [6.07, 6.45) is 4.82. The lowest BCUT2D eigenvalue weighted by molar-refractivity contribution is 0.0597. The van der Waals surface area contributed by atoms with Crippen LogP contribution in [0.4, 0.5) is 5.69 Å². The molecule has 0 atom stereocenters. The van der Waals surface area contributed by atoms with Crippen molar-refractivity contribution in [2.75, 3.05) is 12.4 Å². The molecule has 2 rings (SSSR count). The fourth-order valence-corrected chi connectivity index (χ4v) is 2.17. The molecule has 2 N–H and O–H groups in total. The highest BCUT2D eigenvalue weighted by molar-refractivity contribution is 6.03. The van der Waals surface area contributed by atoms with Crippen LogP contribution in [0, 0.1) is 0 Å². The summed E-state index contributed by atoms with van der Waals surface area (Å²) >= 11 is 0. The van der Waals surface area contributed by atoms with Crippen molar-refractivity contribution in [3.63, 3.8) is 0 Å². The summed E-state index contributed by atoms with van der Waals surface area (Å²) in [5, 5.41) is 12.5. The van der Waals surface area contributed by atoms with Gasteiger partial charge in [-0.2, -0.15) is 0 Å². The van der Waals surface area contributed by atoms with E-state index in [1.54, 1.807) is 12.3 Å². The number of methoxy groups -OCH3 is 1.